The lowest BCUT2D eigenvalue weighted by molar-refractivity contribution is 0.512. The van der Waals surface area contributed by atoms with E-state index in [1.54, 1.807) is 0 Å². The summed E-state index contributed by atoms with van der Waals surface area (Å²) in [5.74, 6) is 0.841. The van der Waals surface area contributed by atoms with Gasteiger partial charge in [-0.05, 0) is 36.6 Å². The van der Waals surface area contributed by atoms with E-state index in [1.807, 2.05) is 18.2 Å². The van der Waals surface area contributed by atoms with E-state index in [0.29, 0.717) is 10.7 Å². The third-order valence-corrected chi connectivity index (χ3v) is 3.62. The lowest BCUT2D eigenvalue weighted by Crippen LogP contribution is -2.14. The molecule has 3 N–H and O–H groups in total. The molecule has 0 amide bonds. The van der Waals surface area contributed by atoms with Crippen molar-refractivity contribution >= 4 is 17.3 Å². The molecule has 0 aliphatic carbocycles. The monoisotopic (exact) mass is 282 g/mol. The average Bonchev–Trinajstić information content (AvgIpc) is 2.36. The van der Waals surface area contributed by atoms with Gasteiger partial charge in [0.25, 0.3) is 0 Å². The van der Waals surface area contributed by atoms with E-state index in [4.69, 9.17) is 17.3 Å². The highest BCUT2D eigenvalue weighted by Gasteiger charge is 1.98. The first-order chi connectivity index (χ1) is 9.09. The zero-order valence-corrected chi connectivity index (χ0v) is 13.0. The van der Waals surface area contributed by atoms with Gasteiger partial charge in [-0.3, -0.25) is 0 Å². The summed E-state index contributed by atoms with van der Waals surface area (Å²) >= 11 is 5.89. The van der Waals surface area contributed by atoms with Crippen LogP contribution >= 0.6 is 11.6 Å². The minimum absolute atomic E-state index is 0.633. The van der Waals surface area contributed by atoms with Crippen LogP contribution in [0.2, 0.25) is 5.02 Å². The third kappa shape index (κ3) is 7.44. The van der Waals surface area contributed by atoms with Crippen LogP contribution in [0.3, 0.4) is 0 Å². The zero-order chi connectivity index (χ0) is 14.1. The summed E-state index contributed by atoms with van der Waals surface area (Å²) in [5, 5.41) is 4.08. The number of benzene rings is 1. The first-order valence-electron chi connectivity index (χ1n) is 7.34. The van der Waals surface area contributed by atoms with E-state index in [0.717, 1.165) is 19.0 Å². The normalized spacial score (nSPS) is 11.2. The standard InChI is InChI=1S/C16H27ClN2/c1-13(2)7-5-3-4-6-10-19-12-14-8-9-15(17)16(18)11-14/h8-9,11,13,19H,3-7,10,12,18H2,1-2H3. The van der Waals surface area contributed by atoms with Gasteiger partial charge in [0.05, 0.1) is 10.7 Å². The first kappa shape index (κ1) is 16.3. The lowest BCUT2D eigenvalue weighted by Gasteiger charge is -2.07. The fourth-order valence-corrected chi connectivity index (χ4v) is 2.21. The Hall–Kier alpha value is -0.730. The van der Waals surface area contributed by atoms with Crippen molar-refractivity contribution in [1.29, 1.82) is 0 Å². The van der Waals surface area contributed by atoms with E-state index < -0.39 is 0 Å². The number of nitrogens with one attached hydrogen (secondary N) is 1. The molecule has 0 aromatic heterocycles. The molecule has 1 rings (SSSR count). The second-order valence-corrected chi connectivity index (χ2v) is 6.04. The minimum Gasteiger partial charge on any atom is -0.398 e. The van der Waals surface area contributed by atoms with Gasteiger partial charge in [-0.2, -0.15) is 0 Å². The molecule has 0 radical (unpaired) electrons. The highest BCUT2D eigenvalue weighted by molar-refractivity contribution is 6.33. The summed E-state index contributed by atoms with van der Waals surface area (Å²) in [6.45, 7) is 6.52. The fraction of sp³-hybridized carbons (Fsp3) is 0.625. The Bertz CT molecular complexity index is 364. The Labute approximate surface area is 122 Å². The largest absolute Gasteiger partial charge is 0.398 e. The molecule has 0 aliphatic heterocycles. The molecule has 0 heterocycles. The van der Waals surface area contributed by atoms with Gasteiger partial charge in [0.2, 0.25) is 0 Å². The van der Waals surface area contributed by atoms with Crippen LogP contribution in [0.15, 0.2) is 18.2 Å². The zero-order valence-electron chi connectivity index (χ0n) is 12.2. The van der Waals surface area contributed by atoms with Crippen LogP contribution in [0.25, 0.3) is 0 Å². The minimum atomic E-state index is 0.633. The van der Waals surface area contributed by atoms with Crippen LogP contribution in [0, 0.1) is 5.92 Å². The summed E-state index contributed by atoms with van der Waals surface area (Å²) < 4.78 is 0. The van der Waals surface area contributed by atoms with Gasteiger partial charge < -0.3 is 11.1 Å². The van der Waals surface area contributed by atoms with Crippen molar-refractivity contribution < 1.29 is 0 Å². The smallest absolute Gasteiger partial charge is 0.0635 e. The van der Waals surface area contributed by atoms with Crippen molar-refractivity contribution in [1.82, 2.24) is 5.32 Å². The average molecular weight is 283 g/mol. The molecule has 1 aromatic carbocycles. The number of hydrogen-bond donors (Lipinski definition) is 2. The number of rotatable bonds is 9. The van der Waals surface area contributed by atoms with Crippen molar-refractivity contribution in [2.24, 2.45) is 5.92 Å². The molecule has 0 fully saturated rings. The van der Waals surface area contributed by atoms with Crippen molar-refractivity contribution in [2.75, 3.05) is 12.3 Å². The Morgan fingerprint density at radius 1 is 1.16 bits per heavy atom. The number of nitrogens with two attached hydrogens (primary N) is 1. The SMILES string of the molecule is CC(C)CCCCCCNCc1ccc(Cl)c(N)c1. The van der Waals surface area contributed by atoms with Gasteiger partial charge in [-0.15, -0.1) is 0 Å². The maximum absolute atomic E-state index is 5.89. The number of halogens is 1. The topological polar surface area (TPSA) is 38.0 Å². The quantitative estimate of drug-likeness (QED) is 0.512. The van der Waals surface area contributed by atoms with Crippen LogP contribution in [0.1, 0.15) is 51.5 Å². The highest BCUT2D eigenvalue weighted by atomic mass is 35.5. The van der Waals surface area contributed by atoms with Gasteiger partial charge >= 0.3 is 0 Å². The van der Waals surface area contributed by atoms with Crippen molar-refractivity contribution in [3.05, 3.63) is 28.8 Å². The first-order valence-corrected chi connectivity index (χ1v) is 7.72. The highest BCUT2D eigenvalue weighted by Crippen LogP contribution is 2.19. The number of anilines is 1. The van der Waals surface area contributed by atoms with E-state index in [1.165, 1.54) is 37.7 Å². The van der Waals surface area contributed by atoms with Crippen LogP contribution in [-0.4, -0.2) is 6.54 Å². The predicted molar refractivity (Wildman–Crippen MR) is 85.5 cm³/mol. The van der Waals surface area contributed by atoms with E-state index >= 15 is 0 Å². The van der Waals surface area contributed by atoms with Crippen LogP contribution in [-0.2, 0) is 6.54 Å². The Kier molecular flexibility index (Phi) is 7.92. The van der Waals surface area contributed by atoms with E-state index in [-0.39, 0.29) is 0 Å². The van der Waals surface area contributed by atoms with E-state index in [2.05, 4.69) is 19.2 Å². The van der Waals surface area contributed by atoms with Gasteiger partial charge in [0, 0.05) is 6.54 Å². The maximum Gasteiger partial charge on any atom is 0.0635 e. The molecular weight excluding hydrogens is 256 g/mol. The number of hydrogen-bond acceptors (Lipinski definition) is 2. The molecule has 0 saturated heterocycles. The molecule has 19 heavy (non-hydrogen) atoms. The molecule has 2 nitrogen and oxygen atoms in total. The maximum atomic E-state index is 5.89. The molecular formula is C16H27ClN2. The molecule has 0 unspecified atom stereocenters. The summed E-state index contributed by atoms with van der Waals surface area (Å²) in [4.78, 5) is 0. The second-order valence-electron chi connectivity index (χ2n) is 5.63. The van der Waals surface area contributed by atoms with Gasteiger partial charge in [-0.25, -0.2) is 0 Å². The van der Waals surface area contributed by atoms with Crippen molar-refractivity contribution in [2.45, 2.75) is 52.5 Å². The number of nitrogen functional groups attached to an aromatic ring is 1. The van der Waals surface area contributed by atoms with Crippen LogP contribution in [0.4, 0.5) is 5.69 Å². The second kappa shape index (κ2) is 9.22. The summed E-state index contributed by atoms with van der Waals surface area (Å²) in [7, 11) is 0. The Morgan fingerprint density at radius 2 is 1.89 bits per heavy atom. The van der Waals surface area contributed by atoms with Gasteiger partial charge in [0.15, 0.2) is 0 Å². The molecule has 0 saturated carbocycles. The fourth-order valence-electron chi connectivity index (χ4n) is 2.09. The molecule has 0 spiro atoms. The van der Waals surface area contributed by atoms with Gasteiger partial charge in [-0.1, -0.05) is 57.2 Å². The number of unbranched alkanes of at least 4 members (excludes halogenated alkanes) is 3. The van der Waals surface area contributed by atoms with Crippen molar-refractivity contribution in [3.63, 3.8) is 0 Å². The summed E-state index contributed by atoms with van der Waals surface area (Å²) in [5.41, 5.74) is 7.63. The molecule has 0 aliphatic rings. The molecule has 1 aromatic rings. The molecule has 108 valence electrons. The Morgan fingerprint density at radius 3 is 2.58 bits per heavy atom. The van der Waals surface area contributed by atoms with Gasteiger partial charge in [0.1, 0.15) is 0 Å². The molecule has 0 atom stereocenters. The predicted octanol–water partition coefficient (Wildman–Crippen LogP) is 4.62. The lowest BCUT2D eigenvalue weighted by atomic mass is 10.0. The van der Waals surface area contributed by atoms with Crippen LogP contribution in [0.5, 0.6) is 0 Å². The molecule has 0 bridgehead atoms. The summed E-state index contributed by atoms with van der Waals surface area (Å²) in [6, 6.07) is 5.83. The van der Waals surface area contributed by atoms with E-state index in [9.17, 15) is 0 Å². The van der Waals surface area contributed by atoms with Crippen LogP contribution < -0.4 is 11.1 Å². The summed E-state index contributed by atoms with van der Waals surface area (Å²) in [6.07, 6.45) is 6.65. The molecule has 3 heteroatoms. The third-order valence-electron chi connectivity index (χ3n) is 3.27. The van der Waals surface area contributed by atoms with Crippen molar-refractivity contribution in [3.8, 4) is 0 Å². The Balaban J connectivity index is 2.03.